The van der Waals surface area contributed by atoms with Crippen molar-refractivity contribution in [1.82, 2.24) is 14.9 Å². The van der Waals surface area contributed by atoms with Gasteiger partial charge in [-0.3, -0.25) is 4.90 Å². The molecule has 1 saturated heterocycles. The van der Waals surface area contributed by atoms with Crippen molar-refractivity contribution in [3.63, 3.8) is 0 Å². The largest absolute Gasteiger partial charge is 0.506 e. The highest BCUT2D eigenvalue weighted by Crippen LogP contribution is 2.23. The quantitative estimate of drug-likeness (QED) is 0.506. The van der Waals surface area contributed by atoms with E-state index in [1.165, 1.54) is 7.11 Å². The summed E-state index contributed by atoms with van der Waals surface area (Å²) < 4.78 is 4.84. The molecule has 1 aliphatic heterocycles. The van der Waals surface area contributed by atoms with Gasteiger partial charge in [-0.15, -0.1) is 0 Å². The van der Waals surface area contributed by atoms with Crippen LogP contribution in [0.15, 0.2) is 36.5 Å². The summed E-state index contributed by atoms with van der Waals surface area (Å²) >= 11 is 0. The van der Waals surface area contributed by atoms with E-state index < -0.39 is 6.29 Å². The summed E-state index contributed by atoms with van der Waals surface area (Å²) in [7, 11) is 1.38. The summed E-state index contributed by atoms with van der Waals surface area (Å²) in [5.41, 5.74) is 1.05. The van der Waals surface area contributed by atoms with E-state index in [4.69, 9.17) is 4.74 Å². The summed E-state index contributed by atoms with van der Waals surface area (Å²) in [6, 6.07) is 9.44. The van der Waals surface area contributed by atoms with Gasteiger partial charge in [-0.25, -0.2) is 9.97 Å². The number of aryl methyl sites for hydroxylation is 1. The van der Waals surface area contributed by atoms with Crippen LogP contribution in [0.5, 0.6) is 5.75 Å². The Morgan fingerprint density at radius 3 is 2.61 bits per heavy atom. The lowest BCUT2D eigenvalue weighted by Crippen LogP contribution is -2.46. The molecule has 2 N–H and O–H groups in total. The van der Waals surface area contributed by atoms with Gasteiger partial charge in [0.15, 0.2) is 0 Å². The standard InChI is InChI=1S/C21H30N4O3/c1-28-21(27)20-18(26)10-9-17(23-20)7-3-2-6-12-24-13-15-25(16-14-24)19-8-4-5-11-22-19/h4-5,8-11,21,26-27H,2-3,6-7,12-16H2,1H3/t21-/m0/s1. The van der Waals surface area contributed by atoms with Crippen LogP contribution in [0.25, 0.3) is 0 Å². The zero-order chi connectivity index (χ0) is 19.8. The van der Waals surface area contributed by atoms with Gasteiger partial charge in [-0.1, -0.05) is 12.5 Å². The number of methoxy groups -OCH3 is 1. The lowest BCUT2D eigenvalue weighted by Gasteiger charge is -2.35. The van der Waals surface area contributed by atoms with Gasteiger partial charge < -0.3 is 19.8 Å². The number of anilines is 1. The predicted molar refractivity (Wildman–Crippen MR) is 108 cm³/mol. The number of rotatable bonds is 9. The van der Waals surface area contributed by atoms with Gasteiger partial charge in [0.05, 0.1) is 0 Å². The van der Waals surface area contributed by atoms with Crippen molar-refractivity contribution in [2.24, 2.45) is 0 Å². The highest BCUT2D eigenvalue weighted by Gasteiger charge is 2.17. The molecule has 0 spiro atoms. The highest BCUT2D eigenvalue weighted by atomic mass is 16.6. The number of unbranched alkanes of at least 4 members (excludes halogenated alkanes) is 2. The summed E-state index contributed by atoms with van der Waals surface area (Å²) in [6.45, 7) is 5.33. The Hall–Kier alpha value is -2.22. The summed E-state index contributed by atoms with van der Waals surface area (Å²) in [4.78, 5) is 13.6. The summed E-state index contributed by atoms with van der Waals surface area (Å²) in [6.07, 6.45) is 4.82. The van der Waals surface area contributed by atoms with E-state index in [2.05, 4.69) is 25.8 Å². The maximum absolute atomic E-state index is 9.77. The molecule has 0 amide bonds. The van der Waals surface area contributed by atoms with Crippen molar-refractivity contribution in [3.05, 3.63) is 47.9 Å². The van der Waals surface area contributed by atoms with Crippen LogP contribution in [-0.4, -0.2) is 64.9 Å². The van der Waals surface area contributed by atoms with Crippen molar-refractivity contribution in [2.45, 2.75) is 32.0 Å². The van der Waals surface area contributed by atoms with Crippen LogP contribution in [0.4, 0.5) is 5.82 Å². The lowest BCUT2D eigenvalue weighted by molar-refractivity contribution is -0.0812. The molecule has 0 saturated carbocycles. The minimum atomic E-state index is -1.19. The number of ether oxygens (including phenoxy) is 1. The third-order valence-electron chi connectivity index (χ3n) is 5.17. The molecule has 1 aliphatic rings. The molecule has 1 atom stereocenters. The number of nitrogens with zero attached hydrogens (tertiary/aromatic N) is 4. The van der Waals surface area contributed by atoms with Crippen LogP contribution < -0.4 is 4.90 Å². The smallest absolute Gasteiger partial charge is 0.202 e. The third-order valence-corrected chi connectivity index (χ3v) is 5.17. The minimum absolute atomic E-state index is 0.0389. The molecular formula is C21H30N4O3. The van der Waals surface area contributed by atoms with E-state index in [1.807, 2.05) is 18.3 Å². The Labute approximate surface area is 166 Å². The maximum atomic E-state index is 9.77. The first-order chi connectivity index (χ1) is 13.7. The molecule has 0 bridgehead atoms. The van der Waals surface area contributed by atoms with Gasteiger partial charge in [0.1, 0.15) is 17.3 Å². The van der Waals surface area contributed by atoms with Crippen molar-refractivity contribution in [3.8, 4) is 5.75 Å². The molecule has 0 aromatic carbocycles. The highest BCUT2D eigenvalue weighted by molar-refractivity contribution is 5.38. The fourth-order valence-electron chi connectivity index (χ4n) is 3.50. The van der Waals surface area contributed by atoms with E-state index in [0.717, 1.165) is 69.9 Å². The van der Waals surface area contributed by atoms with Crippen LogP contribution in [-0.2, 0) is 11.2 Å². The molecule has 0 radical (unpaired) electrons. The number of piperazine rings is 1. The number of pyridine rings is 2. The number of aliphatic hydroxyl groups excluding tert-OH is 1. The van der Waals surface area contributed by atoms with Crippen LogP contribution in [0, 0.1) is 0 Å². The number of aromatic hydroxyl groups is 1. The second-order valence-electron chi connectivity index (χ2n) is 7.12. The van der Waals surface area contributed by atoms with Gasteiger partial charge in [-0.05, 0) is 50.1 Å². The van der Waals surface area contributed by atoms with Gasteiger partial charge in [-0.2, -0.15) is 0 Å². The lowest BCUT2D eigenvalue weighted by atomic mass is 10.1. The topological polar surface area (TPSA) is 82.0 Å². The van der Waals surface area contributed by atoms with Gasteiger partial charge in [0.25, 0.3) is 0 Å². The van der Waals surface area contributed by atoms with E-state index >= 15 is 0 Å². The zero-order valence-corrected chi connectivity index (χ0v) is 16.5. The number of aliphatic hydroxyl groups is 1. The maximum Gasteiger partial charge on any atom is 0.202 e. The predicted octanol–water partition coefficient (Wildman–Crippen LogP) is 2.35. The Kier molecular flexibility index (Phi) is 7.59. The third kappa shape index (κ3) is 5.64. The fraction of sp³-hybridized carbons (Fsp3) is 0.524. The fourth-order valence-corrected chi connectivity index (χ4v) is 3.50. The average molecular weight is 386 g/mol. The summed E-state index contributed by atoms with van der Waals surface area (Å²) in [5, 5.41) is 19.5. The Bertz CT molecular complexity index is 721. The van der Waals surface area contributed by atoms with Crippen molar-refractivity contribution in [1.29, 1.82) is 0 Å². The number of hydrogen-bond donors (Lipinski definition) is 2. The van der Waals surface area contributed by atoms with Crippen LogP contribution in [0.1, 0.15) is 36.9 Å². The molecule has 7 heteroatoms. The van der Waals surface area contributed by atoms with Gasteiger partial charge in [0, 0.05) is 45.2 Å². The van der Waals surface area contributed by atoms with Crippen LogP contribution in [0.3, 0.4) is 0 Å². The molecule has 152 valence electrons. The van der Waals surface area contributed by atoms with Gasteiger partial charge in [0.2, 0.25) is 6.29 Å². The Morgan fingerprint density at radius 2 is 1.89 bits per heavy atom. The molecular weight excluding hydrogens is 356 g/mol. The normalized spacial score (nSPS) is 16.3. The Balaban J connectivity index is 1.34. The monoisotopic (exact) mass is 386 g/mol. The molecule has 2 aromatic heterocycles. The number of hydrogen-bond acceptors (Lipinski definition) is 7. The van der Waals surface area contributed by atoms with E-state index in [0.29, 0.717) is 0 Å². The van der Waals surface area contributed by atoms with Crippen LogP contribution in [0.2, 0.25) is 0 Å². The first-order valence-electron chi connectivity index (χ1n) is 9.95. The molecule has 28 heavy (non-hydrogen) atoms. The number of aromatic nitrogens is 2. The Morgan fingerprint density at radius 1 is 1.07 bits per heavy atom. The van der Waals surface area contributed by atoms with Crippen molar-refractivity contribution in [2.75, 3.05) is 44.7 Å². The van der Waals surface area contributed by atoms with Gasteiger partial charge >= 0.3 is 0 Å². The van der Waals surface area contributed by atoms with E-state index in [9.17, 15) is 10.2 Å². The first-order valence-corrected chi connectivity index (χ1v) is 9.95. The molecule has 2 aromatic rings. The minimum Gasteiger partial charge on any atom is -0.506 e. The van der Waals surface area contributed by atoms with E-state index in [1.54, 1.807) is 12.1 Å². The second kappa shape index (κ2) is 10.4. The SMILES string of the molecule is CO[C@H](O)c1nc(CCCCCN2CCN(c3ccccn3)CC2)ccc1O. The summed E-state index contributed by atoms with van der Waals surface area (Å²) in [5.74, 6) is 1.03. The van der Waals surface area contributed by atoms with Crippen molar-refractivity contribution >= 4 is 5.82 Å². The first kappa shape index (κ1) is 20.5. The van der Waals surface area contributed by atoms with Crippen LogP contribution >= 0.6 is 0 Å². The molecule has 3 heterocycles. The molecule has 7 nitrogen and oxygen atoms in total. The van der Waals surface area contributed by atoms with E-state index in [-0.39, 0.29) is 11.4 Å². The molecule has 0 aliphatic carbocycles. The molecule has 1 fully saturated rings. The average Bonchev–Trinajstić information content (AvgIpc) is 2.75. The molecule has 0 unspecified atom stereocenters. The second-order valence-corrected chi connectivity index (χ2v) is 7.12. The van der Waals surface area contributed by atoms with Crippen molar-refractivity contribution < 1.29 is 14.9 Å². The molecule has 3 rings (SSSR count). The zero-order valence-electron chi connectivity index (χ0n) is 16.5.